The maximum Gasteiger partial charge on any atom is 0.416 e. The van der Waals surface area contributed by atoms with Crippen LogP contribution in [-0.4, -0.2) is 35.1 Å². The lowest BCUT2D eigenvalue weighted by molar-refractivity contribution is -0.137. The van der Waals surface area contributed by atoms with Crippen LogP contribution in [0.3, 0.4) is 0 Å². The number of benzene rings is 1. The zero-order valence-corrected chi connectivity index (χ0v) is 13.8. The Morgan fingerprint density at radius 2 is 1.79 bits per heavy atom. The first-order valence-corrected chi connectivity index (χ1v) is 8.01. The van der Waals surface area contributed by atoms with Crippen LogP contribution in [0.25, 0.3) is 5.57 Å². The number of amides is 1. The second-order valence-corrected chi connectivity index (χ2v) is 6.31. The summed E-state index contributed by atoms with van der Waals surface area (Å²) in [7, 11) is 0. The van der Waals surface area contributed by atoms with Gasteiger partial charge in [-0.1, -0.05) is 12.1 Å². The third-order valence-corrected chi connectivity index (χ3v) is 4.54. The first kappa shape index (κ1) is 18.5. The highest BCUT2D eigenvalue weighted by atomic mass is 19.4. The maximum atomic E-state index is 12.6. The molecule has 3 nitrogen and oxygen atoms in total. The third kappa shape index (κ3) is 4.60. The molecule has 1 saturated heterocycles. The van der Waals surface area contributed by atoms with Crippen LogP contribution < -0.4 is 0 Å². The molecular weight excluding hydrogens is 319 g/mol. The van der Waals surface area contributed by atoms with Crippen LogP contribution in [0.4, 0.5) is 13.2 Å². The van der Waals surface area contributed by atoms with Crippen molar-refractivity contribution >= 4 is 11.5 Å². The van der Waals surface area contributed by atoms with Gasteiger partial charge in [0, 0.05) is 19.2 Å². The lowest BCUT2D eigenvalue weighted by atomic mass is 9.92. The molecule has 2 rings (SSSR count). The summed E-state index contributed by atoms with van der Waals surface area (Å²) in [6.45, 7) is 4.65. The van der Waals surface area contributed by atoms with Crippen LogP contribution >= 0.6 is 0 Å². The van der Waals surface area contributed by atoms with Gasteiger partial charge in [0.15, 0.2) is 0 Å². The molecule has 1 heterocycles. The molecule has 0 bridgehead atoms. The van der Waals surface area contributed by atoms with E-state index in [1.54, 1.807) is 18.7 Å². The monoisotopic (exact) mass is 341 g/mol. The van der Waals surface area contributed by atoms with Gasteiger partial charge in [0.1, 0.15) is 0 Å². The van der Waals surface area contributed by atoms with Gasteiger partial charge >= 0.3 is 6.18 Å². The fourth-order valence-electron chi connectivity index (χ4n) is 2.88. The van der Waals surface area contributed by atoms with E-state index in [0.717, 1.165) is 25.0 Å². The third-order valence-electron chi connectivity index (χ3n) is 4.54. The van der Waals surface area contributed by atoms with Gasteiger partial charge in [-0.3, -0.25) is 4.79 Å². The van der Waals surface area contributed by atoms with E-state index in [1.165, 1.54) is 18.2 Å². The summed E-state index contributed by atoms with van der Waals surface area (Å²) < 4.78 is 37.7. The SMILES string of the molecule is CC(=CC(=O)N1CCC(C(C)O)CC1)c1ccc(C(F)(F)F)cc1. The van der Waals surface area contributed by atoms with Crippen molar-refractivity contribution in [2.24, 2.45) is 5.92 Å². The average Bonchev–Trinajstić information content (AvgIpc) is 2.54. The Labute approximate surface area is 139 Å². The molecule has 1 aliphatic heterocycles. The van der Waals surface area contributed by atoms with Gasteiger partial charge in [-0.2, -0.15) is 13.2 Å². The Balaban J connectivity index is 2.01. The molecule has 0 spiro atoms. The fourth-order valence-corrected chi connectivity index (χ4v) is 2.88. The molecule has 0 aromatic heterocycles. The van der Waals surface area contributed by atoms with Crippen LogP contribution in [0.2, 0.25) is 0 Å². The van der Waals surface area contributed by atoms with E-state index in [0.29, 0.717) is 24.2 Å². The second-order valence-electron chi connectivity index (χ2n) is 6.31. The normalized spacial score (nSPS) is 18.6. The van der Waals surface area contributed by atoms with E-state index in [2.05, 4.69) is 0 Å². The van der Waals surface area contributed by atoms with E-state index in [1.807, 2.05) is 0 Å². The maximum absolute atomic E-state index is 12.6. The number of hydrogen-bond donors (Lipinski definition) is 1. The van der Waals surface area contributed by atoms with E-state index >= 15 is 0 Å². The molecule has 1 unspecified atom stereocenters. The van der Waals surface area contributed by atoms with Crippen LogP contribution in [0, 0.1) is 5.92 Å². The van der Waals surface area contributed by atoms with Crippen LogP contribution in [0.5, 0.6) is 0 Å². The minimum Gasteiger partial charge on any atom is -0.393 e. The molecule has 24 heavy (non-hydrogen) atoms. The second kappa shape index (κ2) is 7.38. The van der Waals surface area contributed by atoms with Crippen molar-refractivity contribution in [3.8, 4) is 0 Å². The van der Waals surface area contributed by atoms with Crippen molar-refractivity contribution in [1.82, 2.24) is 4.90 Å². The number of likely N-dealkylation sites (tertiary alicyclic amines) is 1. The molecule has 0 radical (unpaired) electrons. The van der Waals surface area contributed by atoms with Crippen molar-refractivity contribution in [2.75, 3.05) is 13.1 Å². The van der Waals surface area contributed by atoms with Gasteiger partial charge in [0.2, 0.25) is 5.91 Å². The molecule has 1 aliphatic rings. The standard InChI is InChI=1S/C18H22F3NO2/c1-12(14-3-5-16(6-4-14)18(19,20)21)11-17(24)22-9-7-15(8-10-22)13(2)23/h3-6,11,13,15,23H,7-10H2,1-2H3. The summed E-state index contributed by atoms with van der Waals surface area (Å²) in [4.78, 5) is 14.0. The van der Waals surface area contributed by atoms with Crippen LogP contribution in [-0.2, 0) is 11.0 Å². The summed E-state index contributed by atoms with van der Waals surface area (Å²) >= 11 is 0. The number of piperidine rings is 1. The van der Waals surface area contributed by atoms with E-state index < -0.39 is 11.7 Å². The van der Waals surface area contributed by atoms with Gasteiger partial charge in [0.25, 0.3) is 0 Å². The summed E-state index contributed by atoms with van der Waals surface area (Å²) in [6, 6.07) is 4.79. The highest BCUT2D eigenvalue weighted by molar-refractivity contribution is 5.94. The molecule has 1 fully saturated rings. The molecule has 0 aliphatic carbocycles. The Morgan fingerprint density at radius 3 is 2.25 bits per heavy atom. The van der Waals surface area contributed by atoms with Crippen molar-refractivity contribution in [3.05, 3.63) is 41.5 Å². The first-order valence-electron chi connectivity index (χ1n) is 8.01. The topological polar surface area (TPSA) is 40.5 Å². The van der Waals surface area contributed by atoms with Gasteiger partial charge in [-0.05, 0) is 55.9 Å². The number of aliphatic hydroxyl groups excluding tert-OH is 1. The van der Waals surface area contributed by atoms with Crippen molar-refractivity contribution < 1.29 is 23.1 Å². The Kier molecular flexibility index (Phi) is 5.70. The quantitative estimate of drug-likeness (QED) is 0.851. The highest BCUT2D eigenvalue weighted by Gasteiger charge is 2.30. The lowest BCUT2D eigenvalue weighted by Crippen LogP contribution is -2.40. The molecule has 1 aromatic rings. The minimum atomic E-state index is -4.36. The van der Waals surface area contributed by atoms with Crippen molar-refractivity contribution in [1.29, 1.82) is 0 Å². The van der Waals surface area contributed by atoms with Crippen LogP contribution in [0.1, 0.15) is 37.8 Å². The van der Waals surface area contributed by atoms with Crippen molar-refractivity contribution in [2.45, 2.75) is 39.0 Å². The number of aliphatic hydroxyl groups is 1. The number of allylic oxidation sites excluding steroid dienone is 1. The molecule has 1 amide bonds. The van der Waals surface area contributed by atoms with Crippen molar-refractivity contribution in [3.63, 3.8) is 0 Å². The van der Waals surface area contributed by atoms with Crippen LogP contribution in [0.15, 0.2) is 30.3 Å². The fraction of sp³-hybridized carbons (Fsp3) is 0.500. The average molecular weight is 341 g/mol. The first-order chi connectivity index (χ1) is 11.2. The Hall–Kier alpha value is -1.82. The van der Waals surface area contributed by atoms with Gasteiger partial charge in [0.05, 0.1) is 11.7 Å². The number of carbonyl (C=O) groups excluding carboxylic acids is 1. The molecule has 1 atom stereocenters. The Bertz CT molecular complexity index is 598. The number of hydrogen-bond acceptors (Lipinski definition) is 2. The molecule has 1 N–H and O–H groups in total. The van der Waals surface area contributed by atoms with E-state index in [-0.39, 0.29) is 17.9 Å². The summed E-state index contributed by atoms with van der Waals surface area (Å²) in [5.41, 5.74) is 0.521. The van der Waals surface area contributed by atoms with Gasteiger partial charge < -0.3 is 10.0 Å². The molecule has 6 heteroatoms. The lowest BCUT2D eigenvalue weighted by Gasteiger charge is -2.32. The minimum absolute atomic E-state index is 0.142. The molecular formula is C18H22F3NO2. The largest absolute Gasteiger partial charge is 0.416 e. The number of nitrogens with zero attached hydrogens (tertiary/aromatic N) is 1. The van der Waals surface area contributed by atoms with E-state index in [9.17, 15) is 23.1 Å². The number of rotatable bonds is 3. The highest BCUT2D eigenvalue weighted by Crippen LogP contribution is 2.30. The smallest absolute Gasteiger partial charge is 0.393 e. The Morgan fingerprint density at radius 1 is 1.25 bits per heavy atom. The van der Waals surface area contributed by atoms with Gasteiger partial charge in [-0.25, -0.2) is 0 Å². The van der Waals surface area contributed by atoms with E-state index in [4.69, 9.17) is 0 Å². The predicted molar refractivity (Wildman–Crippen MR) is 86.1 cm³/mol. The number of halogens is 3. The predicted octanol–water partition coefficient (Wildman–Crippen LogP) is 3.73. The summed E-state index contributed by atoms with van der Waals surface area (Å²) in [5, 5.41) is 9.58. The number of carbonyl (C=O) groups is 1. The molecule has 1 aromatic carbocycles. The zero-order chi connectivity index (χ0) is 17.9. The summed E-state index contributed by atoms with van der Waals surface area (Å²) in [6.07, 6.45) is -1.75. The zero-order valence-electron chi connectivity index (χ0n) is 13.8. The number of alkyl halides is 3. The molecule has 0 saturated carbocycles. The van der Waals surface area contributed by atoms with Gasteiger partial charge in [-0.15, -0.1) is 0 Å². The summed E-state index contributed by atoms with van der Waals surface area (Å²) in [5.74, 6) is 0.0745. The molecule has 132 valence electrons.